The van der Waals surface area contributed by atoms with Crippen LogP contribution in [0.1, 0.15) is 103 Å². The summed E-state index contributed by atoms with van der Waals surface area (Å²) >= 11 is 0. The second-order valence-corrected chi connectivity index (χ2v) is 8.48. The van der Waals surface area contributed by atoms with Gasteiger partial charge in [0.05, 0.1) is 6.61 Å². The van der Waals surface area contributed by atoms with Crippen LogP contribution < -0.4 is 0 Å². The van der Waals surface area contributed by atoms with E-state index < -0.39 is 7.82 Å². The number of rotatable bonds is 19. The second kappa shape index (κ2) is 17.9. The van der Waals surface area contributed by atoms with Crippen molar-refractivity contribution in [2.75, 3.05) is 20.8 Å². The monoisotopic (exact) mass is 364 g/mol. The van der Waals surface area contributed by atoms with E-state index in [0.29, 0.717) is 6.61 Å². The van der Waals surface area contributed by atoms with Gasteiger partial charge in [0, 0.05) is 14.2 Å². The van der Waals surface area contributed by atoms with Crippen LogP contribution in [0.4, 0.5) is 0 Å². The van der Waals surface area contributed by atoms with Crippen LogP contribution in [0.2, 0.25) is 0 Å². The lowest BCUT2D eigenvalue weighted by Gasteiger charge is -2.12. The first-order valence-electron chi connectivity index (χ1n) is 10.0. The normalized spacial score (nSPS) is 12.0. The molecule has 0 aliphatic heterocycles. The Hall–Kier alpha value is 0.110. The van der Waals surface area contributed by atoms with E-state index in [-0.39, 0.29) is 0 Å². The highest BCUT2D eigenvalue weighted by molar-refractivity contribution is 7.48. The Morgan fingerprint density at radius 3 is 1.25 bits per heavy atom. The standard InChI is InChI=1S/C19H41O4P/c1-4-5-6-7-8-9-10-11-12-13-14-15-16-17-18-19-23-24(20,21-2)22-3/h4-19H2,1-3H3. The van der Waals surface area contributed by atoms with Crippen LogP contribution in [0.3, 0.4) is 0 Å². The lowest BCUT2D eigenvalue weighted by Crippen LogP contribution is -1.97. The first-order chi connectivity index (χ1) is 11.7. The van der Waals surface area contributed by atoms with Crippen molar-refractivity contribution in [3.8, 4) is 0 Å². The van der Waals surface area contributed by atoms with E-state index in [2.05, 4.69) is 6.92 Å². The molecular formula is C19H41O4P. The highest BCUT2D eigenvalue weighted by atomic mass is 31.2. The van der Waals surface area contributed by atoms with Gasteiger partial charge in [0.1, 0.15) is 0 Å². The van der Waals surface area contributed by atoms with Gasteiger partial charge in [0.25, 0.3) is 0 Å². The minimum Gasteiger partial charge on any atom is -0.290 e. The van der Waals surface area contributed by atoms with Gasteiger partial charge in [0.15, 0.2) is 0 Å². The summed E-state index contributed by atoms with van der Waals surface area (Å²) in [5.74, 6) is 0. The smallest absolute Gasteiger partial charge is 0.290 e. The average Bonchev–Trinajstić information content (AvgIpc) is 2.61. The Bertz CT molecular complexity index is 289. The summed E-state index contributed by atoms with van der Waals surface area (Å²) in [4.78, 5) is 0. The molecule has 0 spiro atoms. The molecule has 0 aromatic heterocycles. The lowest BCUT2D eigenvalue weighted by molar-refractivity contribution is 0.150. The largest absolute Gasteiger partial charge is 0.474 e. The summed E-state index contributed by atoms with van der Waals surface area (Å²) in [5, 5.41) is 0. The van der Waals surface area contributed by atoms with Crippen molar-refractivity contribution in [1.82, 2.24) is 0 Å². The van der Waals surface area contributed by atoms with Crippen molar-refractivity contribution in [1.29, 1.82) is 0 Å². The highest BCUT2D eigenvalue weighted by Gasteiger charge is 2.21. The molecule has 0 radical (unpaired) electrons. The predicted octanol–water partition coefficient (Wildman–Crippen LogP) is 7.28. The first kappa shape index (κ1) is 24.1. The van der Waals surface area contributed by atoms with E-state index >= 15 is 0 Å². The molecule has 0 fully saturated rings. The molecule has 0 rings (SSSR count). The van der Waals surface area contributed by atoms with E-state index in [1.54, 1.807) is 0 Å². The van der Waals surface area contributed by atoms with Crippen molar-refractivity contribution < 1.29 is 18.1 Å². The van der Waals surface area contributed by atoms with Gasteiger partial charge in [-0.3, -0.25) is 13.6 Å². The van der Waals surface area contributed by atoms with Gasteiger partial charge in [0.2, 0.25) is 0 Å². The van der Waals surface area contributed by atoms with Crippen LogP contribution in [-0.2, 0) is 18.1 Å². The fraction of sp³-hybridized carbons (Fsp3) is 1.00. The molecule has 0 bridgehead atoms. The maximum atomic E-state index is 11.6. The second-order valence-electron chi connectivity index (χ2n) is 6.60. The van der Waals surface area contributed by atoms with Crippen LogP contribution in [0, 0.1) is 0 Å². The van der Waals surface area contributed by atoms with E-state index in [0.717, 1.165) is 12.8 Å². The van der Waals surface area contributed by atoms with Crippen LogP contribution in [-0.4, -0.2) is 20.8 Å². The van der Waals surface area contributed by atoms with Crippen LogP contribution in [0.15, 0.2) is 0 Å². The SMILES string of the molecule is CCCCCCCCCCCCCCCCCOP(=O)(OC)OC. The molecular weight excluding hydrogens is 323 g/mol. The van der Waals surface area contributed by atoms with Crippen molar-refractivity contribution >= 4 is 7.82 Å². The molecule has 5 heteroatoms. The predicted molar refractivity (Wildman–Crippen MR) is 103 cm³/mol. The molecule has 0 aromatic carbocycles. The zero-order chi connectivity index (χ0) is 17.9. The molecule has 0 saturated carbocycles. The number of phosphoric acid groups is 1. The molecule has 0 N–H and O–H groups in total. The third-order valence-corrected chi connectivity index (χ3v) is 5.84. The Morgan fingerprint density at radius 2 is 0.917 bits per heavy atom. The van der Waals surface area contributed by atoms with Crippen molar-refractivity contribution in [2.24, 2.45) is 0 Å². The summed E-state index contributed by atoms with van der Waals surface area (Å²) in [6, 6.07) is 0. The molecule has 0 heterocycles. The summed E-state index contributed by atoms with van der Waals surface area (Å²) < 4.78 is 26.2. The number of hydrogen-bond acceptors (Lipinski definition) is 4. The van der Waals surface area contributed by atoms with Gasteiger partial charge in [-0.1, -0.05) is 96.8 Å². The van der Waals surface area contributed by atoms with E-state index in [4.69, 9.17) is 13.6 Å². The molecule has 146 valence electrons. The van der Waals surface area contributed by atoms with Gasteiger partial charge in [-0.2, -0.15) is 0 Å². The summed E-state index contributed by atoms with van der Waals surface area (Å²) in [6.45, 7) is 2.71. The highest BCUT2D eigenvalue weighted by Crippen LogP contribution is 2.47. The fourth-order valence-electron chi connectivity index (χ4n) is 2.83. The number of hydrogen-bond donors (Lipinski definition) is 0. The zero-order valence-electron chi connectivity index (χ0n) is 16.4. The number of phosphoric ester groups is 1. The summed E-state index contributed by atoms with van der Waals surface area (Å²) in [5.41, 5.74) is 0. The van der Waals surface area contributed by atoms with Crippen LogP contribution in [0.25, 0.3) is 0 Å². The Balaban J connectivity index is 3.14. The van der Waals surface area contributed by atoms with Gasteiger partial charge in [-0.05, 0) is 6.42 Å². The topological polar surface area (TPSA) is 44.8 Å². The van der Waals surface area contributed by atoms with Gasteiger partial charge in [-0.15, -0.1) is 0 Å². The molecule has 0 unspecified atom stereocenters. The zero-order valence-corrected chi connectivity index (χ0v) is 17.3. The molecule has 4 nitrogen and oxygen atoms in total. The van der Waals surface area contributed by atoms with Crippen molar-refractivity contribution in [3.05, 3.63) is 0 Å². The third kappa shape index (κ3) is 15.6. The Morgan fingerprint density at radius 1 is 0.583 bits per heavy atom. The molecule has 24 heavy (non-hydrogen) atoms. The van der Waals surface area contributed by atoms with Crippen LogP contribution >= 0.6 is 7.82 Å². The minimum absolute atomic E-state index is 0.442. The van der Waals surface area contributed by atoms with Crippen molar-refractivity contribution in [3.63, 3.8) is 0 Å². The fourth-order valence-corrected chi connectivity index (χ4v) is 3.54. The molecule has 0 aliphatic rings. The molecule has 0 saturated heterocycles. The number of unbranched alkanes of at least 4 members (excludes halogenated alkanes) is 14. The molecule has 0 amide bonds. The average molecular weight is 365 g/mol. The molecule has 0 aromatic rings. The summed E-state index contributed by atoms with van der Waals surface area (Å²) in [6.07, 6.45) is 19.9. The quantitative estimate of drug-likeness (QED) is 0.178. The minimum atomic E-state index is -3.27. The first-order valence-corrected chi connectivity index (χ1v) is 11.5. The lowest BCUT2D eigenvalue weighted by atomic mass is 10.0. The Labute approximate surface area is 150 Å². The Kier molecular flexibility index (Phi) is 18.0. The summed E-state index contributed by atoms with van der Waals surface area (Å²) in [7, 11) is -0.581. The molecule has 0 atom stereocenters. The van der Waals surface area contributed by atoms with E-state index in [1.807, 2.05) is 0 Å². The maximum absolute atomic E-state index is 11.6. The maximum Gasteiger partial charge on any atom is 0.474 e. The van der Waals surface area contributed by atoms with E-state index in [9.17, 15) is 4.57 Å². The van der Waals surface area contributed by atoms with Gasteiger partial charge < -0.3 is 0 Å². The van der Waals surface area contributed by atoms with Crippen molar-refractivity contribution in [2.45, 2.75) is 103 Å². The van der Waals surface area contributed by atoms with Gasteiger partial charge >= 0.3 is 7.82 Å². The van der Waals surface area contributed by atoms with Gasteiger partial charge in [-0.25, -0.2) is 4.57 Å². The third-order valence-electron chi connectivity index (χ3n) is 4.44. The van der Waals surface area contributed by atoms with E-state index in [1.165, 1.54) is 97.7 Å². The molecule has 0 aliphatic carbocycles. The van der Waals surface area contributed by atoms with Crippen LogP contribution in [0.5, 0.6) is 0 Å².